The average Bonchev–Trinajstić information content (AvgIpc) is 2.61. The van der Waals surface area contributed by atoms with Crippen LogP contribution in [0.4, 0.5) is 5.69 Å². The van der Waals surface area contributed by atoms with Gasteiger partial charge in [0.15, 0.2) is 0 Å². The fourth-order valence-electron chi connectivity index (χ4n) is 3.00. The number of non-ortho nitro benzene ring substituents is 1. The molecule has 0 fully saturated rings. The lowest BCUT2D eigenvalue weighted by Gasteiger charge is -2.25. The zero-order valence-electron chi connectivity index (χ0n) is 13.1. The molecular formula is C19H18N2O3. The number of benzene rings is 2. The van der Waals surface area contributed by atoms with Gasteiger partial charge in [-0.1, -0.05) is 24.3 Å². The van der Waals surface area contributed by atoms with Crippen LogP contribution in [0, 0.1) is 10.1 Å². The zero-order chi connectivity index (χ0) is 16.9. The quantitative estimate of drug-likeness (QED) is 0.528. The van der Waals surface area contributed by atoms with Crippen LogP contribution in [0.5, 0.6) is 0 Å². The number of hydrogen-bond donors (Lipinski definition) is 1. The molecule has 1 aliphatic carbocycles. The Bertz CT molecular complexity index is 781. The van der Waals surface area contributed by atoms with Gasteiger partial charge in [0.05, 0.1) is 11.0 Å². The van der Waals surface area contributed by atoms with Crippen molar-refractivity contribution in [2.75, 3.05) is 0 Å². The van der Waals surface area contributed by atoms with Crippen molar-refractivity contribution in [1.29, 1.82) is 0 Å². The molecule has 1 amide bonds. The number of nitro groups is 1. The Balaban J connectivity index is 1.65. The van der Waals surface area contributed by atoms with Gasteiger partial charge in [0, 0.05) is 18.2 Å². The number of carbonyl (C=O) groups excluding carboxylic acids is 1. The van der Waals surface area contributed by atoms with Crippen molar-refractivity contribution in [3.05, 3.63) is 81.4 Å². The maximum absolute atomic E-state index is 12.2. The van der Waals surface area contributed by atoms with E-state index in [9.17, 15) is 14.9 Å². The molecule has 1 N–H and O–H groups in total. The molecule has 0 aliphatic heterocycles. The van der Waals surface area contributed by atoms with Crippen molar-refractivity contribution >= 4 is 17.7 Å². The fraction of sp³-hybridized carbons (Fsp3) is 0.211. The lowest BCUT2D eigenvalue weighted by Crippen LogP contribution is -2.29. The Morgan fingerprint density at radius 3 is 2.67 bits per heavy atom. The molecule has 24 heavy (non-hydrogen) atoms. The van der Waals surface area contributed by atoms with Gasteiger partial charge in [-0.2, -0.15) is 0 Å². The summed E-state index contributed by atoms with van der Waals surface area (Å²) in [7, 11) is 0. The summed E-state index contributed by atoms with van der Waals surface area (Å²) in [5.74, 6) is -0.157. The Labute approximate surface area is 140 Å². The lowest BCUT2D eigenvalue weighted by molar-refractivity contribution is -0.384. The lowest BCUT2D eigenvalue weighted by atomic mass is 9.88. The first-order valence-electron chi connectivity index (χ1n) is 7.94. The maximum atomic E-state index is 12.2. The summed E-state index contributed by atoms with van der Waals surface area (Å²) in [5.41, 5.74) is 3.28. The van der Waals surface area contributed by atoms with E-state index < -0.39 is 4.92 Å². The predicted octanol–water partition coefficient (Wildman–Crippen LogP) is 3.80. The third kappa shape index (κ3) is 3.68. The summed E-state index contributed by atoms with van der Waals surface area (Å²) in [4.78, 5) is 22.3. The average molecular weight is 322 g/mol. The van der Waals surface area contributed by atoms with E-state index in [0.29, 0.717) is 0 Å². The smallest absolute Gasteiger partial charge is 0.269 e. The van der Waals surface area contributed by atoms with Gasteiger partial charge >= 0.3 is 0 Å². The third-order valence-electron chi connectivity index (χ3n) is 4.22. The standard InChI is InChI=1S/C19H18N2O3/c22-19(13-10-14-8-11-16(12-9-14)21(23)24)20-18-7-3-5-15-4-1-2-6-17(15)18/h1-2,4,6,8-13,18H,3,5,7H2,(H,20,22)/b13-10-/t18-/m1/s1. The van der Waals surface area contributed by atoms with E-state index >= 15 is 0 Å². The van der Waals surface area contributed by atoms with Gasteiger partial charge in [-0.3, -0.25) is 14.9 Å². The second kappa shape index (κ2) is 7.08. The van der Waals surface area contributed by atoms with Crippen molar-refractivity contribution in [3.63, 3.8) is 0 Å². The van der Waals surface area contributed by atoms with Crippen LogP contribution in [0.3, 0.4) is 0 Å². The van der Waals surface area contributed by atoms with E-state index in [1.807, 2.05) is 12.1 Å². The van der Waals surface area contributed by atoms with Gasteiger partial charge in [-0.25, -0.2) is 0 Å². The minimum atomic E-state index is -0.444. The largest absolute Gasteiger partial charge is 0.346 e. The van der Waals surface area contributed by atoms with Crippen LogP contribution >= 0.6 is 0 Å². The van der Waals surface area contributed by atoms with Gasteiger partial charge in [-0.15, -0.1) is 0 Å². The SMILES string of the molecule is O=C(/C=C\c1ccc([N+](=O)[O-])cc1)N[C@@H]1CCCc2ccccc21. The Hall–Kier alpha value is -2.95. The molecule has 2 aromatic rings. The predicted molar refractivity (Wildman–Crippen MR) is 92.4 cm³/mol. The molecule has 0 radical (unpaired) electrons. The first kappa shape index (κ1) is 15.9. The Kier molecular flexibility index (Phi) is 4.70. The molecule has 1 aliphatic rings. The van der Waals surface area contributed by atoms with Crippen LogP contribution in [0.25, 0.3) is 6.08 Å². The Morgan fingerprint density at radius 2 is 1.92 bits per heavy atom. The maximum Gasteiger partial charge on any atom is 0.269 e. The fourth-order valence-corrected chi connectivity index (χ4v) is 3.00. The normalized spacial score (nSPS) is 16.6. The summed E-state index contributed by atoms with van der Waals surface area (Å²) in [6.07, 6.45) is 6.19. The number of hydrogen-bond acceptors (Lipinski definition) is 3. The number of fused-ring (bicyclic) bond motifs is 1. The number of amides is 1. The van der Waals surface area contributed by atoms with Gasteiger partial charge in [0.25, 0.3) is 5.69 Å². The number of aryl methyl sites for hydroxylation is 1. The summed E-state index contributed by atoms with van der Waals surface area (Å²) < 4.78 is 0. The van der Waals surface area contributed by atoms with Crippen LogP contribution in [0.2, 0.25) is 0 Å². The van der Waals surface area contributed by atoms with Crippen LogP contribution in [0.1, 0.15) is 35.6 Å². The highest BCUT2D eigenvalue weighted by Gasteiger charge is 2.20. The summed E-state index contributed by atoms with van der Waals surface area (Å²) in [6.45, 7) is 0. The van der Waals surface area contributed by atoms with Crippen LogP contribution in [-0.4, -0.2) is 10.8 Å². The highest BCUT2D eigenvalue weighted by atomic mass is 16.6. The van der Waals surface area contributed by atoms with E-state index in [2.05, 4.69) is 17.4 Å². The van der Waals surface area contributed by atoms with E-state index in [1.165, 1.54) is 29.3 Å². The van der Waals surface area contributed by atoms with Crippen LogP contribution in [0.15, 0.2) is 54.6 Å². The van der Waals surface area contributed by atoms with E-state index in [-0.39, 0.29) is 17.6 Å². The number of nitro benzene ring substituents is 1. The van der Waals surface area contributed by atoms with Crippen molar-refractivity contribution < 1.29 is 9.72 Å². The first-order chi connectivity index (χ1) is 11.6. The summed E-state index contributed by atoms with van der Waals surface area (Å²) >= 11 is 0. The van der Waals surface area contributed by atoms with Crippen LogP contribution < -0.4 is 5.32 Å². The molecule has 2 aromatic carbocycles. The third-order valence-corrected chi connectivity index (χ3v) is 4.22. The monoisotopic (exact) mass is 322 g/mol. The van der Waals surface area contributed by atoms with Crippen molar-refractivity contribution in [1.82, 2.24) is 5.32 Å². The van der Waals surface area contributed by atoms with Crippen molar-refractivity contribution in [2.45, 2.75) is 25.3 Å². The number of carbonyl (C=O) groups is 1. The van der Waals surface area contributed by atoms with Gasteiger partial charge in [0.2, 0.25) is 5.91 Å². The van der Waals surface area contributed by atoms with Crippen molar-refractivity contribution in [2.24, 2.45) is 0 Å². The summed E-state index contributed by atoms with van der Waals surface area (Å²) in [5, 5.41) is 13.7. The van der Waals surface area contributed by atoms with E-state index in [4.69, 9.17) is 0 Å². The molecule has 1 atom stereocenters. The second-order valence-electron chi connectivity index (χ2n) is 5.83. The molecule has 0 bridgehead atoms. The van der Waals surface area contributed by atoms with Crippen molar-refractivity contribution in [3.8, 4) is 0 Å². The second-order valence-corrected chi connectivity index (χ2v) is 5.83. The van der Waals surface area contributed by atoms with Gasteiger partial charge in [0.1, 0.15) is 0 Å². The number of rotatable bonds is 4. The molecule has 0 saturated carbocycles. The van der Waals surface area contributed by atoms with Gasteiger partial charge in [-0.05, 0) is 54.2 Å². The van der Waals surface area contributed by atoms with Gasteiger partial charge < -0.3 is 5.32 Å². The minimum Gasteiger partial charge on any atom is -0.346 e. The molecule has 5 heteroatoms. The van der Waals surface area contributed by atoms with E-state index in [0.717, 1.165) is 24.8 Å². The molecule has 5 nitrogen and oxygen atoms in total. The molecule has 0 unspecified atom stereocenters. The molecule has 3 rings (SSSR count). The molecule has 0 aromatic heterocycles. The molecule has 0 spiro atoms. The van der Waals surface area contributed by atoms with E-state index in [1.54, 1.807) is 18.2 Å². The zero-order valence-corrected chi connectivity index (χ0v) is 13.1. The highest BCUT2D eigenvalue weighted by molar-refractivity contribution is 5.92. The molecular weight excluding hydrogens is 304 g/mol. The molecule has 0 saturated heterocycles. The number of nitrogens with zero attached hydrogens (tertiary/aromatic N) is 1. The van der Waals surface area contributed by atoms with Crippen LogP contribution in [-0.2, 0) is 11.2 Å². The minimum absolute atomic E-state index is 0.0374. The number of nitrogens with one attached hydrogen (secondary N) is 1. The first-order valence-corrected chi connectivity index (χ1v) is 7.94. The topological polar surface area (TPSA) is 72.2 Å². The summed E-state index contributed by atoms with van der Waals surface area (Å²) in [6, 6.07) is 14.3. The molecule has 122 valence electrons. The highest BCUT2D eigenvalue weighted by Crippen LogP contribution is 2.29. The Morgan fingerprint density at radius 1 is 1.17 bits per heavy atom. The molecule has 0 heterocycles.